The molecule has 28 heavy (non-hydrogen) atoms. The van der Waals surface area contributed by atoms with E-state index < -0.39 is 6.10 Å². The summed E-state index contributed by atoms with van der Waals surface area (Å²) in [5, 5.41) is 0. The number of nitrogens with zero attached hydrogens (tertiary/aromatic N) is 4. The summed E-state index contributed by atoms with van der Waals surface area (Å²) in [6.07, 6.45) is 2.32. The van der Waals surface area contributed by atoms with Crippen LogP contribution in [0.5, 0.6) is 0 Å². The number of aromatic nitrogens is 1. The van der Waals surface area contributed by atoms with Gasteiger partial charge in [-0.3, -0.25) is 9.69 Å². The summed E-state index contributed by atoms with van der Waals surface area (Å²) in [6, 6.07) is 14.7. The second-order valence-electron chi connectivity index (χ2n) is 7.81. The van der Waals surface area contributed by atoms with Gasteiger partial charge in [0, 0.05) is 51.5 Å². The number of benzene rings is 1. The van der Waals surface area contributed by atoms with Crippen molar-refractivity contribution in [3.05, 3.63) is 59.8 Å². The van der Waals surface area contributed by atoms with Crippen molar-refractivity contribution in [2.24, 2.45) is 0 Å². The number of hydrogen-bond donors (Lipinski definition) is 0. The minimum Gasteiger partial charge on any atom is -0.363 e. The second-order valence-corrected chi connectivity index (χ2v) is 7.81. The summed E-state index contributed by atoms with van der Waals surface area (Å²) in [5.41, 5.74) is 2.29. The van der Waals surface area contributed by atoms with Crippen LogP contribution in [0, 0.1) is 0 Å². The van der Waals surface area contributed by atoms with Crippen LogP contribution in [-0.2, 0) is 16.0 Å². The molecule has 1 atom stereocenters. The Hall–Kier alpha value is -2.44. The smallest absolute Gasteiger partial charge is 0.256 e. The van der Waals surface area contributed by atoms with E-state index in [-0.39, 0.29) is 5.91 Å². The number of anilines is 1. The van der Waals surface area contributed by atoms with Crippen molar-refractivity contribution < 1.29 is 9.53 Å². The third-order valence-corrected chi connectivity index (χ3v) is 6.20. The summed E-state index contributed by atoms with van der Waals surface area (Å²) in [7, 11) is 0. The quantitative estimate of drug-likeness (QED) is 0.814. The first kappa shape index (κ1) is 17.6. The van der Waals surface area contributed by atoms with Crippen LogP contribution in [0.3, 0.4) is 0 Å². The standard InChI is InChI=1S/C22H26N4O2/c27-22(21-19-6-2-1-5-17(19)8-14-28-21)26-15-18(16-26)24-10-12-25(13-11-24)20-7-3-4-9-23-20/h1-7,9,18,21H,8,10-16H2. The molecule has 4 heterocycles. The van der Waals surface area contributed by atoms with Crippen molar-refractivity contribution in [2.75, 3.05) is 50.8 Å². The third kappa shape index (κ3) is 3.27. The maximum atomic E-state index is 13.0. The van der Waals surface area contributed by atoms with E-state index in [2.05, 4.69) is 26.9 Å². The number of amides is 1. The molecule has 1 aromatic carbocycles. The molecule has 0 aliphatic carbocycles. The second kappa shape index (κ2) is 7.53. The van der Waals surface area contributed by atoms with Crippen LogP contribution in [0.15, 0.2) is 48.7 Å². The maximum Gasteiger partial charge on any atom is 0.256 e. The molecule has 0 radical (unpaired) electrons. The molecule has 3 aliphatic heterocycles. The van der Waals surface area contributed by atoms with Gasteiger partial charge in [0.2, 0.25) is 0 Å². The first-order valence-electron chi connectivity index (χ1n) is 10.2. The molecule has 6 nitrogen and oxygen atoms in total. The van der Waals surface area contributed by atoms with Crippen molar-refractivity contribution in [2.45, 2.75) is 18.6 Å². The Morgan fingerprint density at radius 2 is 1.79 bits per heavy atom. The van der Waals surface area contributed by atoms with Crippen molar-refractivity contribution in [3.8, 4) is 0 Å². The van der Waals surface area contributed by atoms with Gasteiger partial charge in [-0.2, -0.15) is 0 Å². The van der Waals surface area contributed by atoms with Gasteiger partial charge < -0.3 is 14.5 Å². The van der Waals surface area contributed by atoms with Gasteiger partial charge in [-0.05, 0) is 29.7 Å². The van der Waals surface area contributed by atoms with Crippen LogP contribution in [0.2, 0.25) is 0 Å². The Balaban J connectivity index is 1.15. The summed E-state index contributed by atoms with van der Waals surface area (Å²) in [4.78, 5) is 24.2. The minimum atomic E-state index is -0.424. The molecule has 1 unspecified atom stereocenters. The Kier molecular flexibility index (Phi) is 4.74. The Bertz CT molecular complexity index is 829. The average molecular weight is 378 g/mol. The Labute approximate surface area is 165 Å². The molecule has 1 amide bonds. The highest BCUT2D eigenvalue weighted by atomic mass is 16.5. The van der Waals surface area contributed by atoms with Gasteiger partial charge in [0.15, 0.2) is 6.10 Å². The normalized spacial score (nSPS) is 23.2. The van der Waals surface area contributed by atoms with Gasteiger partial charge in [-0.25, -0.2) is 4.98 Å². The number of hydrogen-bond acceptors (Lipinski definition) is 5. The van der Waals surface area contributed by atoms with E-state index in [9.17, 15) is 4.79 Å². The zero-order valence-electron chi connectivity index (χ0n) is 16.0. The molecule has 5 rings (SSSR count). The third-order valence-electron chi connectivity index (χ3n) is 6.20. The van der Waals surface area contributed by atoms with Crippen molar-refractivity contribution in [1.29, 1.82) is 0 Å². The molecule has 0 spiro atoms. The first-order valence-corrected chi connectivity index (χ1v) is 10.2. The number of pyridine rings is 1. The fourth-order valence-electron chi connectivity index (χ4n) is 4.49. The van der Waals surface area contributed by atoms with E-state index >= 15 is 0 Å². The zero-order valence-corrected chi connectivity index (χ0v) is 16.0. The van der Waals surface area contributed by atoms with Gasteiger partial charge in [-0.1, -0.05) is 30.3 Å². The molecule has 0 saturated carbocycles. The monoisotopic (exact) mass is 378 g/mol. The molecule has 3 aliphatic rings. The number of carbonyl (C=O) groups excluding carboxylic acids is 1. The highest BCUT2D eigenvalue weighted by molar-refractivity contribution is 5.83. The molecule has 2 fully saturated rings. The lowest BCUT2D eigenvalue weighted by Gasteiger charge is -2.49. The zero-order chi connectivity index (χ0) is 18.9. The number of carbonyl (C=O) groups is 1. The molecule has 2 saturated heterocycles. The van der Waals surface area contributed by atoms with Gasteiger partial charge in [0.25, 0.3) is 5.91 Å². The Morgan fingerprint density at radius 1 is 1.00 bits per heavy atom. The fourth-order valence-corrected chi connectivity index (χ4v) is 4.49. The Morgan fingerprint density at radius 3 is 2.57 bits per heavy atom. The van der Waals surface area contributed by atoms with E-state index in [1.807, 2.05) is 41.4 Å². The number of rotatable bonds is 3. The van der Waals surface area contributed by atoms with Crippen LogP contribution in [0.1, 0.15) is 17.2 Å². The lowest BCUT2D eigenvalue weighted by molar-refractivity contribution is -0.152. The van der Waals surface area contributed by atoms with Crippen LogP contribution >= 0.6 is 0 Å². The molecule has 0 N–H and O–H groups in total. The predicted octanol–water partition coefficient (Wildman–Crippen LogP) is 1.73. The van der Waals surface area contributed by atoms with Gasteiger partial charge in [0.05, 0.1) is 6.61 Å². The summed E-state index contributed by atoms with van der Waals surface area (Å²) in [5.74, 6) is 1.18. The van der Waals surface area contributed by atoms with Crippen LogP contribution < -0.4 is 4.90 Å². The maximum absolute atomic E-state index is 13.0. The first-order chi connectivity index (χ1) is 13.8. The van der Waals surface area contributed by atoms with E-state index in [1.165, 1.54) is 5.56 Å². The lowest BCUT2D eigenvalue weighted by Crippen LogP contribution is -2.65. The highest BCUT2D eigenvalue weighted by Crippen LogP contribution is 2.31. The largest absolute Gasteiger partial charge is 0.363 e. The number of piperazine rings is 1. The number of fused-ring (bicyclic) bond motifs is 1. The van der Waals surface area contributed by atoms with Crippen LogP contribution in [0.25, 0.3) is 0 Å². The SMILES string of the molecule is O=C(C1OCCc2ccccc21)N1CC(N2CCN(c3ccccn3)CC2)C1. The van der Waals surface area contributed by atoms with Gasteiger partial charge in [-0.15, -0.1) is 0 Å². The highest BCUT2D eigenvalue weighted by Gasteiger charge is 2.40. The number of likely N-dealkylation sites (tertiary alicyclic amines) is 1. The predicted molar refractivity (Wildman–Crippen MR) is 107 cm³/mol. The van der Waals surface area contributed by atoms with Crippen molar-refractivity contribution >= 4 is 11.7 Å². The van der Waals surface area contributed by atoms with E-state index in [0.29, 0.717) is 12.6 Å². The molecular weight excluding hydrogens is 352 g/mol. The van der Waals surface area contributed by atoms with E-state index in [0.717, 1.165) is 57.1 Å². The molecule has 2 aromatic rings. The lowest BCUT2D eigenvalue weighted by atomic mass is 9.95. The van der Waals surface area contributed by atoms with E-state index in [4.69, 9.17) is 4.74 Å². The van der Waals surface area contributed by atoms with Crippen molar-refractivity contribution in [3.63, 3.8) is 0 Å². The summed E-state index contributed by atoms with van der Waals surface area (Å²) >= 11 is 0. The molecule has 1 aromatic heterocycles. The fraction of sp³-hybridized carbons (Fsp3) is 0.455. The van der Waals surface area contributed by atoms with E-state index in [1.54, 1.807) is 0 Å². The molecular formula is C22H26N4O2. The molecule has 6 heteroatoms. The summed E-state index contributed by atoms with van der Waals surface area (Å²) < 4.78 is 5.85. The summed E-state index contributed by atoms with van der Waals surface area (Å²) in [6.45, 7) is 6.26. The molecule has 0 bridgehead atoms. The van der Waals surface area contributed by atoms with Crippen molar-refractivity contribution in [1.82, 2.24) is 14.8 Å². The van der Waals surface area contributed by atoms with Crippen LogP contribution in [-0.4, -0.2) is 72.6 Å². The van der Waals surface area contributed by atoms with Crippen LogP contribution in [0.4, 0.5) is 5.82 Å². The molecule has 146 valence electrons. The minimum absolute atomic E-state index is 0.121. The number of ether oxygens (including phenoxy) is 1. The average Bonchev–Trinajstić information content (AvgIpc) is 2.73. The van der Waals surface area contributed by atoms with Gasteiger partial charge in [0.1, 0.15) is 5.82 Å². The topological polar surface area (TPSA) is 48.9 Å². The van der Waals surface area contributed by atoms with Gasteiger partial charge >= 0.3 is 0 Å².